The third kappa shape index (κ3) is 2.87. The predicted octanol–water partition coefficient (Wildman–Crippen LogP) is 3.72. The molecule has 21 heavy (non-hydrogen) atoms. The van der Waals surface area contributed by atoms with Crippen LogP contribution in [0.25, 0.3) is 0 Å². The molecular weight excluding hydrogens is 336 g/mol. The maximum absolute atomic E-state index is 11.0. The molecule has 7 heteroatoms. The van der Waals surface area contributed by atoms with Gasteiger partial charge in [0, 0.05) is 41.5 Å². The molecule has 1 aliphatic rings. The highest BCUT2D eigenvalue weighted by Crippen LogP contribution is 2.40. The molecule has 0 aliphatic heterocycles. The van der Waals surface area contributed by atoms with Crippen LogP contribution in [0.2, 0.25) is 0 Å². The molecule has 0 unspecified atom stereocenters. The van der Waals surface area contributed by atoms with Gasteiger partial charge in [0.1, 0.15) is 0 Å². The molecule has 2 aromatic rings. The Morgan fingerprint density at radius 2 is 2.29 bits per heavy atom. The molecule has 6 nitrogen and oxygen atoms in total. The van der Waals surface area contributed by atoms with Gasteiger partial charge in [-0.25, -0.2) is 4.99 Å². The molecule has 1 fully saturated rings. The Bertz CT molecular complexity index is 735. The van der Waals surface area contributed by atoms with Gasteiger partial charge >= 0.3 is 0 Å². The van der Waals surface area contributed by atoms with Crippen LogP contribution in [-0.4, -0.2) is 20.9 Å². The van der Waals surface area contributed by atoms with Crippen molar-refractivity contribution >= 4 is 33.6 Å². The van der Waals surface area contributed by atoms with E-state index < -0.39 is 4.92 Å². The highest BCUT2D eigenvalue weighted by molar-refractivity contribution is 9.10. The zero-order valence-corrected chi connectivity index (χ0v) is 12.9. The Hall–Kier alpha value is -2.02. The smallest absolute Gasteiger partial charge is 0.270 e. The van der Waals surface area contributed by atoms with Crippen molar-refractivity contribution < 1.29 is 4.92 Å². The van der Waals surface area contributed by atoms with Crippen LogP contribution < -0.4 is 0 Å². The Balaban J connectivity index is 1.92. The molecule has 0 amide bonds. The first-order chi connectivity index (χ1) is 10.1. The molecule has 0 atom stereocenters. The summed E-state index contributed by atoms with van der Waals surface area (Å²) >= 11 is 3.32. The van der Waals surface area contributed by atoms with E-state index in [-0.39, 0.29) is 5.69 Å². The summed E-state index contributed by atoms with van der Waals surface area (Å²) in [4.78, 5) is 14.9. The van der Waals surface area contributed by atoms with Gasteiger partial charge in [-0.05, 0) is 34.8 Å². The van der Waals surface area contributed by atoms with Crippen LogP contribution in [0.3, 0.4) is 0 Å². The van der Waals surface area contributed by atoms with Crippen molar-refractivity contribution in [3.8, 4) is 0 Å². The van der Waals surface area contributed by atoms with E-state index in [4.69, 9.17) is 0 Å². The van der Waals surface area contributed by atoms with Crippen LogP contribution in [0.4, 0.5) is 11.5 Å². The first-order valence-corrected chi connectivity index (χ1v) is 7.36. The van der Waals surface area contributed by atoms with E-state index in [2.05, 4.69) is 26.0 Å². The number of aryl methyl sites for hydroxylation is 1. The van der Waals surface area contributed by atoms with Gasteiger partial charge in [-0.1, -0.05) is 6.07 Å². The first-order valence-electron chi connectivity index (χ1n) is 6.57. The van der Waals surface area contributed by atoms with Crippen molar-refractivity contribution in [3.05, 3.63) is 50.1 Å². The van der Waals surface area contributed by atoms with E-state index in [9.17, 15) is 10.1 Å². The van der Waals surface area contributed by atoms with E-state index in [0.29, 0.717) is 21.8 Å². The summed E-state index contributed by atoms with van der Waals surface area (Å²) in [5, 5.41) is 15.4. The number of aliphatic imine (C=N–C) groups is 1. The van der Waals surface area contributed by atoms with E-state index in [1.54, 1.807) is 12.1 Å². The summed E-state index contributed by atoms with van der Waals surface area (Å²) in [7, 11) is 1.90. The fraction of sp³-hybridized carbons (Fsp3) is 0.286. The molecule has 0 spiro atoms. The fourth-order valence-corrected chi connectivity index (χ4v) is 2.69. The lowest BCUT2D eigenvalue weighted by atomic mass is 10.2. The van der Waals surface area contributed by atoms with Crippen LogP contribution in [0, 0.1) is 10.1 Å². The Labute approximate surface area is 129 Å². The molecule has 1 aliphatic carbocycles. The third-order valence-electron chi connectivity index (χ3n) is 3.45. The highest BCUT2D eigenvalue weighted by atomic mass is 79.9. The molecule has 1 aromatic carbocycles. The predicted molar refractivity (Wildman–Crippen MR) is 83.2 cm³/mol. The van der Waals surface area contributed by atoms with Crippen LogP contribution in [-0.2, 0) is 7.05 Å². The molecule has 0 N–H and O–H groups in total. The van der Waals surface area contributed by atoms with Crippen LogP contribution in [0.15, 0.2) is 33.7 Å². The Morgan fingerprint density at radius 1 is 1.52 bits per heavy atom. The zero-order valence-electron chi connectivity index (χ0n) is 11.4. The maximum Gasteiger partial charge on any atom is 0.279 e. The quantitative estimate of drug-likeness (QED) is 0.480. The highest BCUT2D eigenvalue weighted by Gasteiger charge is 2.27. The summed E-state index contributed by atoms with van der Waals surface area (Å²) in [5.74, 6) is 1.16. The van der Waals surface area contributed by atoms with Crippen molar-refractivity contribution in [3.63, 3.8) is 0 Å². The van der Waals surface area contributed by atoms with Gasteiger partial charge in [0.25, 0.3) is 5.69 Å². The molecule has 1 heterocycles. The van der Waals surface area contributed by atoms with Crippen molar-refractivity contribution in [2.45, 2.75) is 18.8 Å². The fourth-order valence-electron chi connectivity index (χ4n) is 2.23. The van der Waals surface area contributed by atoms with E-state index in [0.717, 1.165) is 0 Å². The number of aromatic nitrogens is 2. The first kappa shape index (κ1) is 13.9. The van der Waals surface area contributed by atoms with Crippen molar-refractivity contribution in [2.24, 2.45) is 12.0 Å². The Morgan fingerprint density at radius 3 is 2.95 bits per heavy atom. The lowest BCUT2D eigenvalue weighted by Crippen LogP contribution is -1.96. The van der Waals surface area contributed by atoms with E-state index in [1.807, 2.05) is 17.8 Å². The minimum Gasteiger partial charge on any atom is -0.270 e. The second-order valence-electron chi connectivity index (χ2n) is 5.01. The lowest BCUT2D eigenvalue weighted by molar-refractivity contribution is -0.385. The number of nitro groups is 1. The van der Waals surface area contributed by atoms with Gasteiger partial charge in [-0.2, -0.15) is 5.10 Å². The lowest BCUT2D eigenvalue weighted by Gasteiger charge is -1.99. The SMILES string of the molecule is Cn1nc(N=Cc2c(Br)cccc2[N+](=O)[O-])cc1C1CC1. The largest absolute Gasteiger partial charge is 0.279 e. The summed E-state index contributed by atoms with van der Waals surface area (Å²) in [6, 6.07) is 6.78. The van der Waals surface area contributed by atoms with Crippen LogP contribution in [0.1, 0.15) is 30.0 Å². The Kier molecular flexibility index (Phi) is 3.59. The van der Waals surface area contributed by atoms with Crippen molar-refractivity contribution in [2.75, 3.05) is 0 Å². The monoisotopic (exact) mass is 348 g/mol. The summed E-state index contributed by atoms with van der Waals surface area (Å²) in [5.41, 5.74) is 1.64. The van der Waals surface area contributed by atoms with Gasteiger partial charge in [0.2, 0.25) is 0 Å². The molecular formula is C14H13BrN4O2. The number of hydrogen-bond acceptors (Lipinski definition) is 4. The number of benzene rings is 1. The van der Waals surface area contributed by atoms with Gasteiger partial charge in [-0.15, -0.1) is 0 Å². The second kappa shape index (κ2) is 5.40. The number of hydrogen-bond donors (Lipinski definition) is 0. The van der Waals surface area contributed by atoms with Crippen LogP contribution >= 0.6 is 15.9 Å². The molecule has 0 bridgehead atoms. The molecule has 1 saturated carbocycles. The topological polar surface area (TPSA) is 73.3 Å². The van der Waals surface area contributed by atoms with Crippen molar-refractivity contribution in [1.29, 1.82) is 0 Å². The third-order valence-corrected chi connectivity index (χ3v) is 4.14. The summed E-state index contributed by atoms with van der Waals surface area (Å²) in [6.45, 7) is 0. The van der Waals surface area contributed by atoms with Crippen LogP contribution in [0.5, 0.6) is 0 Å². The molecule has 1 aromatic heterocycles. The number of rotatable bonds is 4. The molecule has 108 valence electrons. The normalized spacial score (nSPS) is 14.8. The van der Waals surface area contributed by atoms with Gasteiger partial charge in [0.15, 0.2) is 5.82 Å². The standard InChI is InChI=1S/C14H13BrN4O2/c1-18-13(9-5-6-9)7-14(17-18)16-8-10-11(15)3-2-4-12(10)19(20)21/h2-4,7-9H,5-6H2,1H3. The summed E-state index contributed by atoms with van der Waals surface area (Å²) in [6.07, 6.45) is 3.87. The zero-order chi connectivity index (χ0) is 15.0. The van der Waals surface area contributed by atoms with Gasteiger partial charge in [0.05, 0.1) is 10.5 Å². The average Bonchev–Trinajstić information content (AvgIpc) is 3.21. The second-order valence-corrected chi connectivity index (χ2v) is 5.87. The molecule has 3 rings (SSSR count). The number of halogens is 1. The van der Waals surface area contributed by atoms with E-state index in [1.165, 1.54) is 30.8 Å². The maximum atomic E-state index is 11.0. The number of nitrogens with zero attached hydrogens (tertiary/aromatic N) is 4. The van der Waals surface area contributed by atoms with Crippen molar-refractivity contribution in [1.82, 2.24) is 9.78 Å². The van der Waals surface area contributed by atoms with E-state index >= 15 is 0 Å². The van der Waals surface area contributed by atoms with Gasteiger partial charge < -0.3 is 0 Å². The summed E-state index contributed by atoms with van der Waals surface area (Å²) < 4.78 is 2.47. The minimum atomic E-state index is -0.417. The average molecular weight is 349 g/mol. The molecule has 0 saturated heterocycles. The number of nitro benzene ring substituents is 1. The minimum absolute atomic E-state index is 0.0199. The van der Waals surface area contributed by atoms with Gasteiger partial charge in [-0.3, -0.25) is 14.8 Å². The molecule has 0 radical (unpaired) electrons.